The van der Waals surface area contributed by atoms with Gasteiger partial charge in [-0.05, 0) is 26.7 Å². The molecular formula is C17H31NO7. The summed E-state index contributed by atoms with van der Waals surface area (Å²) < 4.78 is 10.9. The highest BCUT2D eigenvalue weighted by Crippen LogP contribution is 2.19. The predicted octanol–water partition coefficient (Wildman–Crippen LogP) is 2.11. The maximum atomic E-state index is 10.0. The van der Waals surface area contributed by atoms with E-state index in [2.05, 4.69) is 0 Å². The molecule has 2 rings (SSSR count). The Kier molecular flexibility index (Phi) is 17.7. The Labute approximate surface area is 149 Å². The minimum Gasteiger partial charge on any atom is -0.400 e. The van der Waals surface area contributed by atoms with Crippen LogP contribution in [0.3, 0.4) is 0 Å². The molecule has 1 aliphatic heterocycles. The first kappa shape index (κ1) is 25.7. The van der Waals surface area contributed by atoms with Crippen molar-refractivity contribution in [3.63, 3.8) is 0 Å². The minimum atomic E-state index is -0.417. The Morgan fingerprint density at radius 2 is 1.76 bits per heavy atom. The minimum absolute atomic E-state index is 0.137. The molecule has 1 saturated heterocycles. The number of ether oxygens (including phenoxy) is 2. The molecule has 0 aromatic heterocycles. The van der Waals surface area contributed by atoms with Gasteiger partial charge in [0, 0.05) is 39.4 Å². The molecule has 2 unspecified atom stereocenters. The van der Waals surface area contributed by atoms with Crippen LogP contribution in [0.1, 0.15) is 33.1 Å². The lowest BCUT2D eigenvalue weighted by atomic mass is 10.1. The topological polar surface area (TPSA) is 122 Å². The number of hydrogen-bond acceptors (Lipinski definition) is 7. The van der Waals surface area contributed by atoms with Gasteiger partial charge < -0.3 is 24.8 Å². The van der Waals surface area contributed by atoms with Gasteiger partial charge in [-0.3, -0.25) is 10.1 Å². The van der Waals surface area contributed by atoms with Crippen LogP contribution < -0.4 is 0 Å². The third kappa shape index (κ3) is 13.4. The number of nitro benzene ring substituents is 1. The van der Waals surface area contributed by atoms with E-state index in [9.17, 15) is 15.2 Å². The summed E-state index contributed by atoms with van der Waals surface area (Å²) in [5, 5.41) is 33.5. The molecule has 3 atom stereocenters. The molecule has 0 aliphatic carbocycles. The van der Waals surface area contributed by atoms with E-state index in [1.54, 1.807) is 18.2 Å². The summed E-state index contributed by atoms with van der Waals surface area (Å²) >= 11 is 0. The molecule has 0 spiro atoms. The van der Waals surface area contributed by atoms with Crippen molar-refractivity contribution in [2.24, 2.45) is 0 Å². The van der Waals surface area contributed by atoms with E-state index >= 15 is 0 Å². The summed E-state index contributed by atoms with van der Waals surface area (Å²) in [5.74, 6) is 0. The molecule has 3 N–H and O–H groups in total. The molecule has 1 aliphatic rings. The second-order valence-corrected chi connectivity index (χ2v) is 4.89. The predicted molar refractivity (Wildman–Crippen MR) is 95.2 cm³/mol. The second kappa shape index (κ2) is 17.2. The van der Waals surface area contributed by atoms with Crippen LogP contribution in [0.5, 0.6) is 0 Å². The largest absolute Gasteiger partial charge is 0.400 e. The van der Waals surface area contributed by atoms with Gasteiger partial charge in [0.05, 0.1) is 17.1 Å². The number of aliphatic hydroxyl groups excluding tert-OH is 3. The first-order chi connectivity index (χ1) is 12.0. The Morgan fingerprint density at radius 3 is 2.20 bits per heavy atom. The van der Waals surface area contributed by atoms with Crippen molar-refractivity contribution in [1.29, 1.82) is 0 Å². The second-order valence-electron chi connectivity index (χ2n) is 4.89. The summed E-state index contributed by atoms with van der Waals surface area (Å²) in [6.45, 7) is 4.60. The monoisotopic (exact) mass is 361 g/mol. The Morgan fingerprint density at radius 1 is 1.20 bits per heavy atom. The van der Waals surface area contributed by atoms with E-state index in [1.165, 1.54) is 12.1 Å². The Bertz CT molecular complexity index is 405. The van der Waals surface area contributed by atoms with Crippen molar-refractivity contribution in [2.45, 2.75) is 51.6 Å². The van der Waals surface area contributed by atoms with E-state index < -0.39 is 4.92 Å². The van der Waals surface area contributed by atoms with Crippen LogP contribution in [-0.2, 0) is 9.47 Å². The molecule has 1 heterocycles. The third-order valence-electron chi connectivity index (χ3n) is 3.07. The molecule has 0 bridgehead atoms. The van der Waals surface area contributed by atoms with Crippen molar-refractivity contribution >= 4 is 5.69 Å². The van der Waals surface area contributed by atoms with Gasteiger partial charge >= 0.3 is 0 Å². The maximum absolute atomic E-state index is 10.0. The number of benzene rings is 1. The number of hydrogen-bond donors (Lipinski definition) is 3. The van der Waals surface area contributed by atoms with Crippen LogP contribution >= 0.6 is 0 Å². The van der Waals surface area contributed by atoms with Crippen molar-refractivity contribution in [3.05, 3.63) is 40.4 Å². The lowest BCUT2D eigenvalue weighted by molar-refractivity contribution is -0.384. The highest BCUT2D eigenvalue weighted by atomic mass is 16.7. The summed E-state index contributed by atoms with van der Waals surface area (Å²) in [7, 11) is 2.00. The molecule has 1 fully saturated rings. The molecule has 146 valence electrons. The Balaban J connectivity index is 0. The summed E-state index contributed by atoms with van der Waals surface area (Å²) in [5.41, 5.74) is 0.137. The van der Waals surface area contributed by atoms with E-state index in [0.29, 0.717) is 13.0 Å². The van der Waals surface area contributed by atoms with Gasteiger partial charge in [-0.2, -0.15) is 0 Å². The highest BCUT2D eigenvalue weighted by molar-refractivity contribution is 5.27. The van der Waals surface area contributed by atoms with Crippen molar-refractivity contribution < 1.29 is 29.7 Å². The standard InChI is InChI=1S/C9H18O3.C6H5NO2.2CH4O/c1-3-11-9-6-8(10)5-4-7(2)12-9;8-7(9)6-4-2-1-3-5-6;2*1-2/h7-10H,3-6H2,1-2H3;1-5H;2*2H,1H3/t7?,8?,9-;;;/m0.../s1. The lowest BCUT2D eigenvalue weighted by Crippen LogP contribution is -2.22. The molecule has 0 radical (unpaired) electrons. The fourth-order valence-electron chi connectivity index (χ4n) is 1.99. The van der Waals surface area contributed by atoms with E-state index in [-0.39, 0.29) is 24.2 Å². The van der Waals surface area contributed by atoms with Gasteiger partial charge in [0.25, 0.3) is 5.69 Å². The van der Waals surface area contributed by atoms with Gasteiger partial charge in [-0.25, -0.2) is 0 Å². The zero-order chi connectivity index (χ0) is 19.7. The van der Waals surface area contributed by atoms with E-state index in [1.807, 2.05) is 13.8 Å². The Hall–Kier alpha value is -1.58. The van der Waals surface area contributed by atoms with Gasteiger partial charge in [0.2, 0.25) is 0 Å². The zero-order valence-corrected chi connectivity index (χ0v) is 15.4. The number of non-ortho nitro benzene ring substituents is 1. The average molecular weight is 361 g/mol. The molecule has 25 heavy (non-hydrogen) atoms. The fraction of sp³-hybridized carbons (Fsp3) is 0.647. The number of rotatable bonds is 3. The van der Waals surface area contributed by atoms with Crippen LogP contribution in [0.25, 0.3) is 0 Å². The first-order valence-electron chi connectivity index (χ1n) is 8.07. The lowest BCUT2D eigenvalue weighted by Gasteiger charge is -2.18. The SMILES string of the molecule is CCO[C@@H]1CC(O)CCC(C)O1.CO.CO.O=[N+]([O-])c1ccccc1. The number of nitro groups is 1. The van der Waals surface area contributed by atoms with Crippen molar-refractivity contribution in [3.8, 4) is 0 Å². The summed E-state index contributed by atoms with van der Waals surface area (Å²) in [4.78, 5) is 9.59. The molecule has 0 amide bonds. The maximum Gasteiger partial charge on any atom is 0.269 e. The number of aliphatic hydroxyl groups is 3. The van der Waals surface area contributed by atoms with Crippen molar-refractivity contribution in [2.75, 3.05) is 20.8 Å². The van der Waals surface area contributed by atoms with Crippen LogP contribution in [0, 0.1) is 10.1 Å². The number of nitrogens with zero attached hydrogens (tertiary/aromatic N) is 1. The molecular weight excluding hydrogens is 330 g/mol. The molecule has 8 nitrogen and oxygen atoms in total. The normalized spacial score (nSPS) is 21.8. The van der Waals surface area contributed by atoms with Crippen LogP contribution in [0.4, 0.5) is 5.69 Å². The van der Waals surface area contributed by atoms with Crippen molar-refractivity contribution in [1.82, 2.24) is 0 Å². The van der Waals surface area contributed by atoms with E-state index in [0.717, 1.165) is 27.1 Å². The molecule has 1 aromatic carbocycles. The van der Waals surface area contributed by atoms with Crippen LogP contribution in [-0.4, -0.2) is 59.6 Å². The summed E-state index contributed by atoms with van der Waals surface area (Å²) in [6, 6.07) is 7.93. The smallest absolute Gasteiger partial charge is 0.269 e. The van der Waals surface area contributed by atoms with E-state index in [4.69, 9.17) is 19.7 Å². The summed E-state index contributed by atoms with van der Waals surface area (Å²) in [6.07, 6.45) is 2.10. The van der Waals surface area contributed by atoms with Crippen LogP contribution in [0.2, 0.25) is 0 Å². The van der Waals surface area contributed by atoms with Gasteiger partial charge in [-0.15, -0.1) is 0 Å². The van der Waals surface area contributed by atoms with Gasteiger partial charge in [-0.1, -0.05) is 18.2 Å². The number of para-hydroxylation sites is 1. The van der Waals surface area contributed by atoms with Gasteiger partial charge in [0.15, 0.2) is 6.29 Å². The van der Waals surface area contributed by atoms with Crippen LogP contribution in [0.15, 0.2) is 30.3 Å². The molecule has 1 aromatic rings. The highest BCUT2D eigenvalue weighted by Gasteiger charge is 2.22. The fourth-order valence-corrected chi connectivity index (χ4v) is 1.99. The molecule has 8 heteroatoms. The third-order valence-corrected chi connectivity index (χ3v) is 3.07. The average Bonchev–Trinajstić information content (AvgIpc) is 2.80. The first-order valence-corrected chi connectivity index (χ1v) is 8.07. The van der Waals surface area contributed by atoms with Gasteiger partial charge in [0.1, 0.15) is 0 Å². The quantitative estimate of drug-likeness (QED) is 0.556. The zero-order valence-electron chi connectivity index (χ0n) is 15.4. The molecule has 0 saturated carbocycles.